The van der Waals surface area contributed by atoms with Gasteiger partial charge in [0.05, 0.1) is 22.6 Å². The predicted molar refractivity (Wildman–Crippen MR) is 142 cm³/mol. The molecule has 0 spiro atoms. The van der Waals surface area contributed by atoms with E-state index in [9.17, 15) is 9.59 Å². The van der Waals surface area contributed by atoms with Crippen molar-refractivity contribution in [1.82, 2.24) is 14.5 Å². The molecule has 1 unspecified atom stereocenters. The summed E-state index contributed by atoms with van der Waals surface area (Å²) >= 11 is 3.47. The Morgan fingerprint density at radius 2 is 1.80 bits per heavy atom. The number of benzene rings is 3. The molecule has 1 atom stereocenters. The monoisotopic (exact) mass is 533 g/mol. The Bertz CT molecular complexity index is 1370. The van der Waals surface area contributed by atoms with E-state index in [0.717, 1.165) is 10.2 Å². The third kappa shape index (κ3) is 5.36. The van der Waals surface area contributed by atoms with Crippen molar-refractivity contribution in [2.45, 2.75) is 25.8 Å². The van der Waals surface area contributed by atoms with Gasteiger partial charge in [0.25, 0.3) is 11.5 Å². The summed E-state index contributed by atoms with van der Waals surface area (Å²) in [6.45, 7) is 3.00. The van der Waals surface area contributed by atoms with Crippen molar-refractivity contribution in [2.24, 2.45) is 0 Å². The molecule has 0 bridgehead atoms. The number of hydrogen-bond acceptors (Lipinski definition) is 4. The van der Waals surface area contributed by atoms with Gasteiger partial charge in [-0.25, -0.2) is 4.98 Å². The first-order valence-corrected chi connectivity index (χ1v) is 12.5. The van der Waals surface area contributed by atoms with Gasteiger partial charge in [0.2, 0.25) is 0 Å². The normalized spacial score (nSPS) is 12.0. The molecule has 0 saturated carbocycles. The first-order chi connectivity index (χ1) is 17.0. The lowest BCUT2D eigenvalue weighted by Crippen LogP contribution is -2.39. The van der Waals surface area contributed by atoms with Crippen LogP contribution in [0.3, 0.4) is 0 Å². The fraction of sp³-hybridized carbons (Fsp3) is 0.250. The van der Waals surface area contributed by atoms with Gasteiger partial charge in [0.1, 0.15) is 5.82 Å². The van der Waals surface area contributed by atoms with Crippen molar-refractivity contribution < 1.29 is 9.53 Å². The summed E-state index contributed by atoms with van der Waals surface area (Å²) < 4.78 is 7.75. The second kappa shape index (κ2) is 11.4. The molecule has 6 nitrogen and oxygen atoms in total. The van der Waals surface area contributed by atoms with Crippen LogP contribution in [-0.2, 0) is 4.74 Å². The third-order valence-electron chi connectivity index (χ3n) is 5.96. The van der Waals surface area contributed by atoms with E-state index in [4.69, 9.17) is 9.72 Å². The fourth-order valence-corrected chi connectivity index (χ4v) is 4.71. The topological polar surface area (TPSA) is 64.4 Å². The molecule has 0 radical (unpaired) electrons. The average Bonchev–Trinajstić information content (AvgIpc) is 2.88. The molecule has 4 aromatic rings. The number of fused-ring (bicyclic) bond motifs is 1. The molecular formula is C28H28BrN3O3. The van der Waals surface area contributed by atoms with E-state index in [1.807, 2.05) is 78.6 Å². The standard InChI is InChI=1S/C28H28BrN3O3/c1-3-25(31(17-10-18-35-2)27(33)20-11-9-12-21(29)19-20)26-30-24-16-8-7-15-23(24)28(34)32(26)22-13-5-4-6-14-22/h4-9,11-16,19,25H,3,10,17-18H2,1-2H3. The van der Waals surface area contributed by atoms with Crippen LogP contribution in [0.5, 0.6) is 0 Å². The number of halogens is 1. The maximum atomic E-state index is 13.8. The largest absolute Gasteiger partial charge is 0.385 e. The fourth-order valence-electron chi connectivity index (χ4n) is 4.31. The number of rotatable bonds is 9. The highest BCUT2D eigenvalue weighted by atomic mass is 79.9. The zero-order chi connectivity index (χ0) is 24.8. The van der Waals surface area contributed by atoms with Gasteiger partial charge in [0, 0.05) is 30.3 Å². The van der Waals surface area contributed by atoms with Gasteiger partial charge in [0.15, 0.2) is 0 Å². The van der Waals surface area contributed by atoms with Crippen LogP contribution in [0.2, 0.25) is 0 Å². The van der Waals surface area contributed by atoms with Gasteiger partial charge in [-0.2, -0.15) is 0 Å². The van der Waals surface area contributed by atoms with Gasteiger partial charge in [-0.05, 0) is 55.3 Å². The molecule has 4 rings (SSSR count). The van der Waals surface area contributed by atoms with Crippen LogP contribution in [0.15, 0.2) is 88.1 Å². The van der Waals surface area contributed by atoms with Gasteiger partial charge < -0.3 is 9.64 Å². The van der Waals surface area contributed by atoms with Gasteiger partial charge in [-0.15, -0.1) is 0 Å². The van der Waals surface area contributed by atoms with Crippen LogP contribution in [0.25, 0.3) is 16.6 Å². The van der Waals surface area contributed by atoms with Crippen molar-refractivity contribution >= 4 is 32.7 Å². The number of hydrogen-bond donors (Lipinski definition) is 0. The summed E-state index contributed by atoms with van der Waals surface area (Å²) in [5, 5.41) is 0.541. The van der Waals surface area contributed by atoms with Crippen molar-refractivity contribution in [3.8, 4) is 5.69 Å². The predicted octanol–water partition coefficient (Wildman–Crippen LogP) is 5.78. The van der Waals surface area contributed by atoms with Crippen LogP contribution < -0.4 is 5.56 Å². The molecular weight excluding hydrogens is 506 g/mol. The van der Waals surface area contributed by atoms with E-state index in [2.05, 4.69) is 15.9 Å². The lowest BCUT2D eigenvalue weighted by molar-refractivity contribution is 0.0634. The van der Waals surface area contributed by atoms with E-state index in [1.54, 1.807) is 23.8 Å². The van der Waals surface area contributed by atoms with Crippen LogP contribution in [0.1, 0.15) is 42.0 Å². The van der Waals surface area contributed by atoms with Crippen LogP contribution in [-0.4, -0.2) is 40.6 Å². The van der Waals surface area contributed by atoms with Crippen molar-refractivity contribution in [3.05, 3.63) is 105 Å². The Morgan fingerprint density at radius 1 is 1.06 bits per heavy atom. The molecule has 0 N–H and O–H groups in total. The first-order valence-electron chi connectivity index (χ1n) is 11.7. The van der Waals surface area contributed by atoms with Gasteiger partial charge in [-0.1, -0.05) is 59.3 Å². The molecule has 35 heavy (non-hydrogen) atoms. The second-order valence-corrected chi connectivity index (χ2v) is 9.16. The second-order valence-electron chi connectivity index (χ2n) is 8.24. The van der Waals surface area contributed by atoms with Gasteiger partial charge >= 0.3 is 0 Å². The highest BCUT2D eigenvalue weighted by Gasteiger charge is 2.29. The van der Waals surface area contributed by atoms with E-state index in [-0.39, 0.29) is 11.5 Å². The molecule has 0 saturated heterocycles. The smallest absolute Gasteiger partial charge is 0.266 e. The lowest BCUT2D eigenvalue weighted by Gasteiger charge is -2.32. The van der Waals surface area contributed by atoms with E-state index >= 15 is 0 Å². The molecule has 0 aliphatic rings. The number of para-hydroxylation sites is 2. The molecule has 0 aliphatic heterocycles. The molecule has 1 aromatic heterocycles. The third-order valence-corrected chi connectivity index (χ3v) is 6.45. The molecule has 7 heteroatoms. The van der Waals surface area contributed by atoms with Crippen LogP contribution >= 0.6 is 15.9 Å². The van der Waals surface area contributed by atoms with Crippen LogP contribution in [0, 0.1) is 0 Å². The van der Waals surface area contributed by atoms with Crippen LogP contribution in [0.4, 0.5) is 0 Å². The molecule has 0 aliphatic carbocycles. The Hall–Kier alpha value is -3.29. The lowest BCUT2D eigenvalue weighted by atomic mass is 10.1. The molecule has 1 amide bonds. The number of amides is 1. The summed E-state index contributed by atoms with van der Waals surface area (Å²) in [6, 6.07) is 23.8. The highest BCUT2D eigenvalue weighted by Crippen LogP contribution is 2.28. The average molecular weight is 534 g/mol. The Balaban J connectivity index is 1.91. The summed E-state index contributed by atoms with van der Waals surface area (Å²) in [5.41, 5.74) is 1.76. The maximum absolute atomic E-state index is 13.8. The Labute approximate surface area is 213 Å². The molecule has 180 valence electrons. The summed E-state index contributed by atoms with van der Waals surface area (Å²) in [5.74, 6) is 0.430. The summed E-state index contributed by atoms with van der Waals surface area (Å²) in [7, 11) is 1.65. The summed E-state index contributed by atoms with van der Waals surface area (Å²) in [6.07, 6.45) is 1.25. The van der Waals surface area contributed by atoms with E-state index < -0.39 is 6.04 Å². The quantitative estimate of drug-likeness (QED) is 0.256. The molecule has 3 aromatic carbocycles. The van der Waals surface area contributed by atoms with Crippen molar-refractivity contribution in [2.75, 3.05) is 20.3 Å². The van der Waals surface area contributed by atoms with E-state index in [0.29, 0.717) is 48.3 Å². The zero-order valence-electron chi connectivity index (χ0n) is 19.9. The number of methoxy groups -OCH3 is 1. The first kappa shape index (κ1) is 24.8. The molecule has 0 fully saturated rings. The number of aromatic nitrogens is 2. The molecule has 1 heterocycles. The maximum Gasteiger partial charge on any atom is 0.266 e. The Morgan fingerprint density at radius 3 is 2.51 bits per heavy atom. The summed E-state index contributed by atoms with van der Waals surface area (Å²) in [4.78, 5) is 34.3. The number of nitrogens with zero attached hydrogens (tertiary/aromatic N) is 3. The highest BCUT2D eigenvalue weighted by molar-refractivity contribution is 9.10. The minimum absolute atomic E-state index is 0.115. The minimum atomic E-state index is -0.421. The number of ether oxygens (including phenoxy) is 1. The van der Waals surface area contributed by atoms with E-state index in [1.165, 1.54) is 0 Å². The number of carbonyl (C=O) groups excluding carboxylic acids is 1. The van der Waals surface area contributed by atoms with Gasteiger partial charge in [-0.3, -0.25) is 14.2 Å². The van der Waals surface area contributed by atoms with Crippen molar-refractivity contribution in [3.63, 3.8) is 0 Å². The Kier molecular flexibility index (Phi) is 8.10. The zero-order valence-corrected chi connectivity index (χ0v) is 21.4. The number of carbonyl (C=O) groups is 1. The van der Waals surface area contributed by atoms with Crippen molar-refractivity contribution in [1.29, 1.82) is 0 Å². The minimum Gasteiger partial charge on any atom is -0.385 e. The SMILES string of the molecule is CCC(c1nc2ccccc2c(=O)n1-c1ccccc1)N(CCCOC)C(=O)c1cccc(Br)c1.